The molecule has 1 aliphatic rings. The first-order chi connectivity index (χ1) is 11.0. The van der Waals surface area contributed by atoms with Gasteiger partial charge in [0.15, 0.2) is 5.03 Å². The lowest BCUT2D eigenvalue weighted by molar-refractivity contribution is 0.455. The van der Waals surface area contributed by atoms with E-state index in [9.17, 15) is 12.8 Å². The van der Waals surface area contributed by atoms with Gasteiger partial charge in [-0.05, 0) is 37.5 Å². The number of hydrogen-bond acceptors (Lipinski definition) is 4. The molecule has 1 fully saturated rings. The van der Waals surface area contributed by atoms with Gasteiger partial charge in [0.1, 0.15) is 5.82 Å². The molecule has 1 saturated heterocycles. The number of aromatic amines is 1. The van der Waals surface area contributed by atoms with Crippen molar-refractivity contribution in [2.75, 3.05) is 18.0 Å². The van der Waals surface area contributed by atoms with E-state index < -0.39 is 10.0 Å². The Morgan fingerprint density at radius 2 is 2.09 bits per heavy atom. The largest absolute Gasteiger partial charge is 0.369 e. The number of anilines is 1. The summed E-state index contributed by atoms with van der Waals surface area (Å²) in [5.41, 5.74) is 1.59. The van der Waals surface area contributed by atoms with E-state index in [1.54, 1.807) is 6.07 Å². The number of aromatic nitrogens is 2. The zero-order valence-electron chi connectivity index (χ0n) is 12.8. The summed E-state index contributed by atoms with van der Waals surface area (Å²) in [6, 6.07) is 4.87. The molecular weight excluding hydrogens is 319 g/mol. The molecule has 2 heterocycles. The molecule has 8 heteroatoms. The van der Waals surface area contributed by atoms with E-state index in [2.05, 4.69) is 14.7 Å². The van der Waals surface area contributed by atoms with Gasteiger partial charge >= 0.3 is 0 Å². The molecule has 0 bridgehead atoms. The van der Waals surface area contributed by atoms with Gasteiger partial charge in [-0.25, -0.2) is 22.5 Å². The number of hydrogen-bond donors (Lipinski definition) is 2. The van der Waals surface area contributed by atoms with Gasteiger partial charge in [0.25, 0.3) is 10.0 Å². The van der Waals surface area contributed by atoms with Crippen LogP contribution >= 0.6 is 0 Å². The second kappa shape index (κ2) is 6.29. The zero-order valence-corrected chi connectivity index (χ0v) is 13.6. The maximum Gasteiger partial charge on any atom is 0.257 e. The van der Waals surface area contributed by atoms with Crippen molar-refractivity contribution in [3.8, 4) is 0 Å². The van der Waals surface area contributed by atoms with Gasteiger partial charge < -0.3 is 9.88 Å². The molecule has 0 unspecified atom stereocenters. The summed E-state index contributed by atoms with van der Waals surface area (Å²) < 4.78 is 40.9. The SMILES string of the molecule is Cc1ccc(F)c(N2CCC(NS(=O)(=O)c3cnc[nH]3)CC2)c1. The van der Waals surface area contributed by atoms with E-state index >= 15 is 0 Å². The van der Waals surface area contributed by atoms with Crippen molar-refractivity contribution in [3.05, 3.63) is 42.1 Å². The number of halogens is 1. The minimum absolute atomic E-state index is 0.0599. The molecule has 0 amide bonds. The van der Waals surface area contributed by atoms with Gasteiger partial charge in [0.05, 0.1) is 18.2 Å². The number of rotatable bonds is 4. The third kappa shape index (κ3) is 3.53. The van der Waals surface area contributed by atoms with Gasteiger partial charge in [-0.1, -0.05) is 6.07 Å². The van der Waals surface area contributed by atoms with Gasteiger partial charge in [-0.15, -0.1) is 0 Å². The number of piperidine rings is 1. The van der Waals surface area contributed by atoms with Crippen LogP contribution in [0.2, 0.25) is 0 Å². The average Bonchev–Trinajstić information content (AvgIpc) is 3.06. The summed E-state index contributed by atoms with van der Waals surface area (Å²) in [6.07, 6.45) is 3.86. The van der Waals surface area contributed by atoms with Crippen LogP contribution in [-0.4, -0.2) is 37.5 Å². The maximum absolute atomic E-state index is 13.9. The first-order valence-corrected chi connectivity index (χ1v) is 8.96. The zero-order chi connectivity index (χ0) is 16.4. The molecule has 1 aromatic carbocycles. The quantitative estimate of drug-likeness (QED) is 0.891. The molecule has 6 nitrogen and oxygen atoms in total. The first kappa shape index (κ1) is 15.9. The summed E-state index contributed by atoms with van der Waals surface area (Å²) in [6.45, 7) is 3.14. The fourth-order valence-corrected chi connectivity index (χ4v) is 3.99. The van der Waals surface area contributed by atoms with E-state index in [-0.39, 0.29) is 16.9 Å². The Morgan fingerprint density at radius 1 is 1.35 bits per heavy atom. The lowest BCUT2D eigenvalue weighted by Crippen LogP contribution is -2.45. The van der Waals surface area contributed by atoms with E-state index in [4.69, 9.17) is 0 Å². The lowest BCUT2D eigenvalue weighted by atomic mass is 10.0. The molecule has 0 saturated carbocycles. The predicted molar refractivity (Wildman–Crippen MR) is 85.3 cm³/mol. The summed E-state index contributed by atoms with van der Waals surface area (Å²) in [4.78, 5) is 8.28. The number of nitrogens with one attached hydrogen (secondary N) is 2. The number of sulfonamides is 1. The molecule has 0 aliphatic carbocycles. The molecule has 3 rings (SSSR count). The van der Waals surface area contributed by atoms with Crippen molar-refractivity contribution in [1.29, 1.82) is 0 Å². The Bertz CT molecular complexity index is 769. The maximum atomic E-state index is 13.9. The number of H-pyrrole nitrogens is 1. The van der Waals surface area contributed by atoms with E-state index in [0.29, 0.717) is 31.6 Å². The molecule has 124 valence electrons. The molecule has 0 radical (unpaired) electrons. The molecule has 23 heavy (non-hydrogen) atoms. The highest BCUT2D eigenvalue weighted by Gasteiger charge is 2.26. The van der Waals surface area contributed by atoms with Crippen LogP contribution in [-0.2, 0) is 10.0 Å². The number of benzene rings is 1. The summed E-state index contributed by atoms with van der Waals surface area (Å²) >= 11 is 0. The topological polar surface area (TPSA) is 78.1 Å². The molecular formula is C15H19FN4O2S. The first-order valence-electron chi connectivity index (χ1n) is 7.47. The third-order valence-corrected chi connectivity index (χ3v) is 5.47. The number of aryl methyl sites for hydroxylation is 1. The van der Waals surface area contributed by atoms with Crippen LogP contribution in [0, 0.1) is 12.7 Å². The van der Waals surface area contributed by atoms with Crippen LogP contribution in [0.4, 0.5) is 10.1 Å². The Balaban J connectivity index is 1.64. The minimum atomic E-state index is -3.57. The van der Waals surface area contributed by atoms with Crippen LogP contribution in [0.15, 0.2) is 35.7 Å². The van der Waals surface area contributed by atoms with Crippen molar-refractivity contribution in [2.45, 2.75) is 30.8 Å². The Hall–Kier alpha value is -1.93. The predicted octanol–water partition coefficient (Wildman–Crippen LogP) is 1.80. The second-order valence-corrected chi connectivity index (χ2v) is 7.44. The van der Waals surface area contributed by atoms with Gasteiger partial charge in [0.2, 0.25) is 0 Å². The monoisotopic (exact) mass is 338 g/mol. The van der Waals surface area contributed by atoms with Crippen LogP contribution < -0.4 is 9.62 Å². The third-order valence-electron chi connectivity index (χ3n) is 4.02. The van der Waals surface area contributed by atoms with Gasteiger partial charge in [-0.3, -0.25) is 0 Å². The Labute approximate surface area is 134 Å². The average molecular weight is 338 g/mol. The van der Waals surface area contributed by atoms with Crippen LogP contribution in [0.3, 0.4) is 0 Å². The fraction of sp³-hybridized carbons (Fsp3) is 0.400. The van der Waals surface area contributed by atoms with Crippen LogP contribution in [0.1, 0.15) is 18.4 Å². The summed E-state index contributed by atoms with van der Waals surface area (Å²) in [5.74, 6) is -0.243. The number of nitrogens with zero attached hydrogens (tertiary/aromatic N) is 2. The minimum Gasteiger partial charge on any atom is -0.369 e. The van der Waals surface area contributed by atoms with Crippen molar-refractivity contribution in [1.82, 2.24) is 14.7 Å². The van der Waals surface area contributed by atoms with Gasteiger partial charge in [-0.2, -0.15) is 0 Å². The molecule has 2 N–H and O–H groups in total. The Morgan fingerprint density at radius 3 is 2.74 bits per heavy atom. The Kier molecular flexibility index (Phi) is 4.36. The molecule has 1 aliphatic heterocycles. The fourth-order valence-electron chi connectivity index (χ4n) is 2.78. The van der Waals surface area contributed by atoms with Gasteiger partial charge in [0, 0.05) is 19.1 Å². The highest BCUT2D eigenvalue weighted by Crippen LogP contribution is 2.24. The van der Waals surface area contributed by atoms with E-state index in [1.165, 1.54) is 18.6 Å². The van der Waals surface area contributed by atoms with Crippen molar-refractivity contribution in [2.24, 2.45) is 0 Å². The summed E-state index contributed by atoms with van der Waals surface area (Å²) in [5, 5.41) is 0.0599. The van der Waals surface area contributed by atoms with Crippen LogP contribution in [0.5, 0.6) is 0 Å². The normalized spacial score (nSPS) is 16.7. The standard InChI is InChI=1S/C15H19FN4O2S/c1-11-2-3-13(16)14(8-11)20-6-4-12(5-7-20)19-23(21,22)15-9-17-10-18-15/h2-3,8-10,12,19H,4-7H2,1H3,(H,17,18). The highest BCUT2D eigenvalue weighted by molar-refractivity contribution is 7.89. The van der Waals surface area contributed by atoms with Crippen LogP contribution in [0.25, 0.3) is 0 Å². The second-order valence-electron chi connectivity index (χ2n) is 5.75. The number of imidazole rings is 1. The highest BCUT2D eigenvalue weighted by atomic mass is 32.2. The lowest BCUT2D eigenvalue weighted by Gasteiger charge is -2.34. The molecule has 0 atom stereocenters. The smallest absolute Gasteiger partial charge is 0.257 e. The van der Waals surface area contributed by atoms with E-state index in [0.717, 1.165) is 5.56 Å². The molecule has 1 aromatic heterocycles. The van der Waals surface area contributed by atoms with E-state index in [1.807, 2.05) is 17.9 Å². The van der Waals surface area contributed by atoms with Crippen molar-refractivity contribution in [3.63, 3.8) is 0 Å². The van der Waals surface area contributed by atoms with Crippen molar-refractivity contribution >= 4 is 15.7 Å². The van der Waals surface area contributed by atoms with Crippen molar-refractivity contribution < 1.29 is 12.8 Å². The summed E-state index contributed by atoms with van der Waals surface area (Å²) in [7, 11) is -3.57. The molecule has 0 spiro atoms. The molecule has 2 aromatic rings.